The van der Waals surface area contributed by atoms with E-state index >= 15 is 0 Å². The Morgan fingerprint density at radius 3 is 2.50 bits per heavy atom. The van der Waals surface area contributed by atoms with Gasteiger partial charge in [0.25, 0.3) is 5.91 Å². The van der Waals surface area contributed by atoms with Gasteiger partial charge in [-0.25, -0.2) is 4.99 Å². The van der Waals surface area contributed by atoms with Gasteiger partial charge in [-0.05, 0) is 105 Å². The number of hydrogen-bond acceptors (Lipinski definition) is 4. The minimum atomic E-state index is -0.133. The molecule has 28 heavy (non-hydrogen) atoms. The Labute approximate surface area is 196 Å². The zero-order valence-electron chi connectivity index (χ0n) is 15.2. The van der Waals surface area contributed by atoms with E-state index in [0.29, 0.717) is 16.7 Å². The summed E-state index contributed by atoms with van der Waals surface area (Å²) < 4.78 is 7.69. The lowest BCUT2D eigenvalue weighted by molar-refractivity contribution is -0.115. The molecule has 1 fully saturated rings. The molecule has 144 valence electrons. The second kappa shape index (κ2) is 9.93. The van der Waals surface area contributed by atoms with Crippen LogP contribution in [0.1, 0.15) is 18.1 Å². The Bertz CT molecular complexity index is 946. The number of ether oxygens (including phenoxy) is 1. The Kier molecular flexibility index (Phi) is 7.58. The lowest BCUT2D eigenvalue weighted by Crippen LogP contribution is -2.19. The van der Waals surface area contributed by atoms with Gasteiger partial charge in [-0.15, -0.1) is 0 Å². The first-order chi connectivity index (χ1) is 13.5. The van der Waals surface area contributed by atoms with Gasteiger partial charge in [-0.1, -0.05) is 31.7 Å². The van der Waals surface area contributed by atoms with E-state index in [1.165, 1.54) is 17.3 Å². The molecule has 0 atom stereocenters. The molecule has 2 aromatic rings. The SMILES string of the molecule is C=CCOc1c(I)cc(/C=C2\SC(=Nc3ccc(CC)cc3)NC2=O)cc1I. The highest BCUT2D eigenvalue weighted by Crippen LogP contribution is 2.32. The molecule has 0 bridgehead atoms. The number of thioether (sulfide) groups is 1. The summed E-state index contributed by atoms with van der Waals surface area (Å²) in [6.07, 6.45) is 4.59. The minimum absolute atomic E-state index is 0.133. The molecule has 0 radical (unpaired) electrons. The summed E-state index contributed by atoms with van der Waals surface area (Å²) in [5, 5.41) is 3.43. The van der Waals surface area contributed by atoms with Crippen molar-refractivity contribution in [2.45, 2.75) is 13.3 Å². The van der Waals surface area contributed by atoms with E-state index < -0.39 is 0 Å². The van der Waals surface area contributed by atoms with Crippen molar-refractivity contribution in [1.82, 2.24) is 5.32 Å². The largest absolute Gasteiger partial charge is 0.487 e. The van der Waals surface area contributed by atoms with Gasteiger partial charge in [0.15, 0.2) is 5.17 Å². The molecule has 1 aliphatic rings. The highest BCUT2D eigenvalue weighted by Gasteiger charge is 2.24. The molecule has 1 N–H and O–H groups in total. The average Bonchev–Trinajstić information content (AvgIpc) is 3.00. The highest BCUT2D eigenvalue weighted by molar-refractivity contribution is 14.1. The van der Waals surface area contributed by atoms with Crippen molar-refractivity contribution < 1.29 is 9.53 Å². The van der Waals surface area contributed by atoms with E-state index in [2.05, 4.69) is 81.1 Å². The molecular weight excluding hydrogens is 598 g/mol. The summed E-state index contributed by atoms with van der Waals surface area (Å²) in [5.74, 6) is 0.704. The number of aryl methyl sites for hydroxylation is 1. The van der Waals surface area contributed by atoms with E-state index in [0.717, 1.165) is 30.6 Å². The van der Waals surface area contributed by atoms with Gasteiger partial charge in [0, 0.05) is 0 Å². The van der Waals surface area contributed by atoms with Gasteiger partial charge in [0.2, 0.25) is 0 Å². The van der Waals surface area contributed by atoms with Gasteiger partial charge < -0.3 is 10.1 Å². The second-order valence-electron chi connectivity index (χ2n) is 5.92. The van der Waals surface area contributed by atoms with Crippen LogP contribution >= 0.6 is 56.9 Å². The fourth-order valence-electron chi connectivity index (χ4n) is 2.50. The number of hydrogen-bond donors (Lipinski definition) is 1. The normalized spacial score (nSPS) is 16.5. The van der Waals surface area contributed by atoms with Crippen LogP contribution in [-0.2, 0) is 11.2 Å². The maximum atomic E-state index is 12.3. The molecule has 2 aromatic carbocycles. The van der Waals surface area contributed by atoms with Crippen molar-refractivity contribution in [3.05, 3.63) is 72.2 Å². The third-order valence-corrected chi connectivity index (χ3v) is 6.40. The van der Waals surface area contributed by atoms with Crippen LogP contribution in [0, 0.1) is 7.14 Å². The number of amides is 1. The quantitative estimate of drug-likeness (QED) is 0.250. The molecule has 1 amide bonds. The maximum absolute atomic E-state index is 12.3. The number of nitrogens with zero attached hydrogens (tertiary/aromatic N) is 1. The molecule has 0 aliphatic carbocycles. The molecule has 1 aliphatic heterocycles. The van der Waals surface area contributed by atoms with Crippen molar-refractivity contribution >= 4 is 79.8 Å². The first kappa shape index (κ1) is 21.4. The molecule has 0 spiro atoms. The van der Waals surface area contributed by atoms with Gasteiger partial charge in [-0.2, -0.15) is 0 Å². The van der Waals surface area contributed by atoms with Gasteiger partial charge in [0.1, 0.15) is 12.4 Å². The van der Waals surface area contributed by atoms with Crippen LogP contribution in [0.25, 0.3) is 6.08 Å². The van der Waals surface area contributed by atoms with E-state index in [9.17, 15) is 4.79 Å². The van der Waals surface area contributed by atoms with Crippen LogP contribution in [0.4, 0.5) is 5.69 Å². The molecule has 7 heteroatoms. The monoisotopic (exact) mass is 616 g/mol. The first-order valence-electron chi connectivity index (χ1n) is 8.61. The average molecular weight is 616 g/mol. The van der Waals surface area contributed by atoms with E-state index in [-0.39, 0.29) is 5.91 Å². The second-order valence-corrected chi connectivity index (χ2v) is 9.27. The van der Waals surface area contributed by atoms with Crippen molar-refractivity contribution in [3.63, 3.8) is 0 Å². The number of carbonyl (C=O) groups is 1. The number of nitrogens with one attached hydrogen (secondary N) is 1. The number of amidine groups is 1. The van der Waals surface area contributed by atoms with Gasteiger partial charge >= 0.3 is 0 Å². The summed E-state index contributed by atoms with van der Waals surface area (Å²) >= 11 is 5.84. The number of rotatable bonds is 6. The molecule has 3 rings (SSSR count). The van der Waals surface area contributed by atoms with Crippen molar-refractivity contribution in [3.8, 4) is 5.75 Å². The number of aliphatic imine (C=N–C) groups is 1. The maximum Gasteiger partial charge on any atom is 0.264 e. The zero-order chi connectivity index (χ0) is 20.1. The summed E-state index contributed by atoms with van der Waals surface area (Å²) in [5.41, 5.74) is 3.04. The van der Waals surface area contributed by atoms with Gasteiger partial charge in [0.05, 0.1) is 17.7 Å². The Hall–Kier alpha value is -1.33. The fraction of sp³-hybridized carbons (Fsp3) is 0.143. The summed E-state index contributed by atoms with van der Waals surface area (Å²) in [6, 6.07) is 12.0. The first-order valence-corrected chi connectivity index (χ1v) is 11.6. The van der Waals surface area contributed by atoms with E-state index in [4.69, 9.17) is 4.74 Å². The predicted molar refractivity (Wildman–Crippen MR) is 134 cm³/mol. The third-order valence-electron chi connectivity index (χ3n) is 3.89. The summed E-state index contributed by atoms with van der Waals surface area (Å²) in [4.78, 5) is 17.5. The molecule has 1 heterocycles. The predicted octanol–water partition coefficient (Wildman–Crippen LogP) is 5.91. The minimum Gasteiger partial charge on any atom is -0.487 e. The Morgan fingerprint density at radius 2 is 1.89 bits per heavy atom. The number of carbonyl (C=O) groups excluding carboxylic acids is 1. The van der Waals surface area contributed by atoms with Gasteiger partial charge in [-0.3, -0.25) is 4.79 Å². The molecule has 4 nitrogen and oxygen atoms in total. The summed E-state index contributed by atoms with van der Waals surface area (Å²) in [7, 11) is 0. The number of benzene rings is 2. The van der Waals surface area contributed by atoms with E-state index in [1.807, 2.05) is 30.3 Å². The molecule has 0 saturated carbocycles. The molecule has 1 saturated heterocycles. The zero-order valence-corrected chi connectivity index (χ0v) is 20.3. The number of halogens is 2. The Balaban J connectivity index is 1.80. The van der Waals surface area contributed by atoms with E-state index in [1.54, 1.807) is 6.08 Å². The van der Waals surface area contributed by atoms with Crippen LogP contribution in [0.5, 0.6) is 5.75 Å². The fourth-order valence-corrected chi connectivity index (χ4v) is 5.47. The smallest absolute Gasteiger partial charge is 0.264 e. The van der Waals surface area contributed by atoms with Crippen molar-refractivity contribution in [2.24, 2.45) is 4.99 Å². The lowest BCUT2D eigenvalue weighted by atomic mass is 10.2. The third kappa shape index (κ3) is 5.38. The Morgan fingerprint density at radius 1 is 1.21 bits per heavy atom. The van der Waals surface area contributed by atoms with Crippen molar-refractivity contribution in [1.29, 1.82) is 0 Å². The summed E-state index contributed by atoms with van der Waals surface area (Å²) in [6.45, 7) is 6.26. The van der Waals surface area contributed by atoms with Crippen LogP contribution in [0.2, 0.25) is 0 Å². The van der Waals surface area contributed by atoms with Crippen LogP contribution in [0.3, 0.4) is 0 Å². The topological polar surface area (TPSA) is 50.7 Å². The highest BCUT2D eigenvalue weighted by atomic mass is 127. The van der Waals surface area contributed by atoms with Crippen LogP contribution in [0.15, 0.2) is 59.0 Å². The van der Waals surface area contributed by atoms with Crippen LogP contribution in [-0.4, -0.2) is 17.7 Å². The molecular formula is C21H18I2N2O2S. The van der Waals surface area contributed by atoms with Crippen molar-refractivity contribution in [2.75, 3.05) is 6.61 Å². The molecule has 0 unspecified atom stereocenters. The van der Waals surface area contributed by atoms with Crippen LogP contribution < -0.4 is 10.1 Å². The molecule has 0 aromatic heterocycles. The standard InChI is InChI=1S/C21H18I2N2O2S/c1-3-9-27-19-16(22)10-14(11-17(19)23)12-18-20(26)25-21(28-18)24-15-7-5-13(4-2)6-8-15/h3,5-8,10-12H,1,4,9H2,2H3,(H,24,25,26)/b18-12-. The lowest BCUT2D eigenvalue weighted by Gasteiger charge is -2.09.